The average Bonchev–Trinajstić information content (AvgIpc) is 2.64. The highest BCUT2D eigenvalue weighted by atomic mass is 35.5. The summed E-state index contributed by atoms with van der Waals surface area (Å²) < 4.78 is 54.5. The Morgan fingerprint density at radius 3 is 2.36 bits per heavy atom. The smallest absolute Gasteiger partial charge is 0.417 e. The minimum Gasteiger partial charge on any atom is -0.481 e. The number of likely N-dealkylation sites (tertiary alicyclic amines) is 1. The maximum atomic E-state index is 14.5. The second-order valence-corrected chi connectivity index (χ2v) is 7.22. The van der Waals surface area contributed by atoms with E-state index >= 15 is 0 Å². The molecule has 8 heteroatoms. The van der Waals surface area contributed by atoms with Crippen LogP contribution in [0.1, 0.15) is 35.6 Å². The zero-order chi connectivity index (χ0) is 20.5. The summed E-state index contributed by atoms with van der Waals surface area (Å²) in [4.78, 5) is 13.0. The first kappa shape index (κ1) is 20.6. The molecule has 2 aromatic carbocycles. The van der Waals surface area contributed by atoms with E-state index < -0.39 is 40.5 Å². The number of alkyl halides is 3. The third kappa shape index (κ3) is 4.31. The second kappa shape index (κ2) is 8.09. The largest absolute Gasteiger partial charge is 0.481 e. The van der Waals surface area contributed by atoms with E-state index in [2.05, 4.69) is 0 Å². The Hall–Kier alpha value is -2.12. The fourth-order valence-electron chi connectivity index (χ4n) is 3.62. The topological polar surface area (TPSA) is 40.5 Å². The third-order valence-corrected chi connectivity index (χ3v) is 5.38. The van der Waals surface area contributed by atoms with Crippen LogP contribution in [0.25, 0.3) is 0 Å². The fourth-order valence-corrected chi connectivity index (χ4v) is 3.84. The third-order valence-electron chi connectivity index (χ3n) is 5.06. The van der Waals surface area contributed by atoms with Crippen molar-refractivity contribution < 1.29 is 27.5 Å². The highest BCUT2D eigenvalue weighted by molar-refractivity contribution is 6.31. The summed E-state index contributed by atoms with van der Waals surface area (Å²) in [6.45, 7) is 0.667. The SMILES string of the molecule is O=C(O)C1CCN(C(c2ccc(Cl)c(C(F)(F)F)c2)c2ccccc2F)CC1. The number of nitrogens with zero attached hydrogens (tertiary/aromatic N) is 1. The first-order chi connectivity index (χ1) is 13.2. The molecule has 1 saturated heterocycles. The molecule has 0 radical (unpaired) electrons. The minimum absolute atomic E-state index is 0.242. The molecule has 0 aromatic heterocycles. The van der Waals surface area contributed by atoms with Gasteiger partial charge in [0, 0.05) is 5.56 Å². The molecule has 150 valence electrons. The van der Waals surface area contributed by atoms with Crippen molar-refractivity contribution in [2.45, 2.75) is 25.1 Å². The number of hydrogen-bond donors (Lipinski definition) is 1. The highest BCUT2D eigenvalue weighted by Gasteiger charge is 2.36. The summed E-state index contributed by atoms with van der Waals surface area (Å²) in [6.07, 6.45) is -3.94. The lowest BCUT2D eigenvalue weighted by atomic mass is 9.90. The molecule has 1 atom stereocenters. The lowest BCUT2D eigenvalue weighted by Gasteiger charge is -2.37. The Morgan fingerprint density at radius 1 is 1.14 bits per heavy atom. The molecule has 1 aliphatic rings. The zero-order valence-corrected chi connectivity index (χ0v) is 15.5. The molecule has 1 fully saturated rings. The van der Waals surface area contributed by atoms with Gasteiger partial charge >= 0.3 is 12.1 Å². The van der Waals surface area contributed by atoms with Crippen LogP contribution in [0, 0.1) is 11.7 Å². The molecule has 1 heterocycles. The van der Waals surface area contributed by atoms with E-state index in [0.717, 1.165) is 12.1 Å². The van der Waals surface area contributed by atoms with Crippen LogP contribution in [-0.2, 0) is 11.0 Å². The standard InChI is InChI=1S/C20H18ClF4NO2/c21-16-6-5-13(11-15(16)20(23,24)25)18(14-3-1-2-4-17(14)22)26-9-7-12(8-10-26)19(27)28/h1-6,11-12,18H,7-10H2,(H,27,28). The molecule has 0 aliphatic carbocycles. The van der Waals surface area contributed by atoms with Gasteiger partial charge in [0.1, 0.15) is 5.82 Å². The minimum atomic E-state index is -4.64. The number of halogens is 5. The monoisotopic (exact) mass is 415 g/mol. The quantitative estimate of drug-likeness (QED) is 0.681. The summed E-state index contributed by atoms with van der Waals surface area (Å²) in [5.41, 5.74) is -0.476. The van der Waals surface area contributed by atoms with E-state index in [1.165, 1.54) is 24.3 Å². The second-order valence-electron chi connectivity index (χ2n) is 6.81. The summed E-state index contributed by atoms with van der Waals surface area (Å²) in [7, 11) is 0. The van der Waals surface area contributed by atoms with Crippen molar-refractivity contribution in [3.05, 3.63) is 70.0 Å². The summed E-state index contributed by atoms with van der Waals surface area (Å²) in [5.74, 6) is -1.93. The zero-order valence-electron chi connectivity index (χ0n) is 14.7. The number of aliphatic carboxylic acids is 1. The molecule has 3 nitrogen and oxygen atoms in total. The van der Waals surface area contributed by atoms with Crippen LogP contribution < -0.4 is 0 Å². The van der Waals surface area contributed by atoms with Crippen LogP contribution in [0.2, 0.25) is 5.02 Å². The molecule has 0 saturated carbocycles. The Balaban J connectivity index is 2.04. The number of carboxylic acids is 1. The molecular formula is C20H18ClF4NO2. The molecule has 0 spiro atoms. The maximum absolute atomic E-state index is 14.5. The van der Waals surface area contributed by atoms with Crippen molar-refractivity contribution in [2.24, 2.45) is 5.92 Å². The van der Waals surface area contributed by atoms with Crippen LogP contribution in [-0.4, -0.2) is 29.1 Å². The van der Waals surface area contributed by atoms with Crippen LogP contribution in [0.3, 0.4) is 0 Å². The fraction of sp³-hybridized carbons (Fsp3) is 0.350. The van der Waals surface area contributed by atoms with Crippen molar-refractivity contribution in [1.29, 1.82) is 0 Å². The molecule has 1 N–H and O–H groups in total. The van der Waals surface area contributed by atoms with E-state index in [1.54, 1.807) is 6.07 Å². The number of rotatable bonds is 4. The average molecular weight is 416 g/mol. The van der Waals surface area contributed by atoms with Crippen molar-refractivity contribution in [1.82, 2.24) is 4.90 Å². The number of piperidine rings is 1. The molecule has 28 heavy (non-hydrogen) atoms. The lowest BCUT2D eigenvalue weighted by molar-refractivity contribution is -0.143. The van der Waals surface area contributed by atoms with E-state index in [1.807, 2.05) is 4.90 Å². The van der Waals surface area contributed by atoms with Gasteiger partial charge in [-0.05, 0) is 49.7 Å². The molecule has 0 bridgehead atoms. The van der Waals surface area contributed by atoms with Gasteiger partial charge in [-0.3, -0.25) is 9.69 Å². The lowest BCUT2D eigenvalue weighted by Crippen LogP contribution is -2.39. The highest BCUT2D eigenvalue weighted by Crippen LogP contribution is 2.39. The number of benzene rings is 2. The van der Waals surface area contributed by atoms with E-state index in [9.17, 15) is 27.5 Å². The molecule has 1 unspecified atom stereocenters. The van der Waals surface area contributed by atoms with Gasteiger partial charge in [0.2, 0.25) is 0 Å². The predicted molar refractivity (Wildman–Crippen MR) is 96.6 cm³/mol. The van der Waals surface area contributed by atoms with E-state index in [4.69, 9.17) is 11.6 Å². The van der Waals surface area contributed by atoms with Gasteiger partial charge in [0.15, 0.2) is 0 Å². The van der Waals surface area contributed by atoms with Crippen LogP contribution in [0.4, 0.5) is 17.6 Å². The first-order valence-electron chi connectivity index (χ1n) is 8.76. The molecular weight excluding hydrogens is 398 g/mol. The van der Waals surface area contributed by atoms with Crippen molar-refractivity contribution in [2.75, 3.05) is 13.1 Å². The van der Waals surface area contributed by atoms with Crippen LogP contribution in [0.5, 0.6) is 0 Å². The van der Waals surface area contributed by atoms with Crippen molar-refractivity contribution >= 4 is 17.6 Å². The number of hydrogen-bond acceptors (Lipinski definition) is 2. The van der Waals surface area contributed by atoms with Crippen molar-refractivity contribution in [3.8, 4) is 0 Å². The molecule has 3 rings (SSSR count). The van der Waals surface area contributed by atoms with Gasteiger partial charge < -0.3 is 5.11 Å². The molecule has 1 aliphatic heterocycles. The van der Waals surface area contributed by atoms with Gasteiger partial charge in [-0.1, -0.05) is 35.9 Å². The Morgan fingerprint density at radius 2 is 1.79 bits per heavy atom. The Kier molecular flexibility index (Phi) is 5.95. The summed E-state index contributed by atoms with van der Waals surface area (Å²) >= 11 is 5.73. The normalized spacial score (nSPS) is 17.5. The van der Waals surface area contributed by atoms with Crippen LogP contribution in [0.15, 0.2) is 42.5 Å². The summed E-state index contributed by atoms with van der Waals surface area (Å²) in [6, 6.07) is 8.72. The maximum Gasteiger partial charge on any atom is 0.417 e. The predicted octanol–water partition coefficient (Wildman–Crippen LogP) is 5.38. The van der Waals surface area contributed by atoms with Crippen LogP contribution >= 0.6 is 11.6 Å². The summed E-state index contributed by atoms with van der Waals surface area (Å²) in [5, 5.41) is 8.76. The van der Waals surface area contributed by atoms with E-state index in [-0.39, 0.29) is 11.1 Å². The van der Waals surface area contributed by atoms with Crippen molar-refractivity contribution in [3.63, 3.8) is 0 Å². The Bertz CT molecular complexity index is 864. The van der Waals surface area contributed by atoms with Gasteiger partial charge in [0.25, 0.3) is 0 Å². The molecule has 2 aromatic rings. The number of carboxylic acid groups (broad SMARTS) is 1. The van der Waals surface area contributed by atoms with Gasteiger partial charge in [0.05, 0.1) is 22.5 Å². The Labute approximate surface area is 164 Å². The first-order valence-corrected chi connectivity index (χ1v) is 9.14. The van der Waals surface area contributed by atoms with E-state index in [0.29, 0.717) is 25.9 Å². The van der Waals surface area contributed by atoms with Gasteiger partial charge in [-0.25, -0.2) is 4.39 Å². The van der Waals surface area contributed by atoms with Gasteiger partial charge in [-0.2, -0.15) is 13.2 Å². The van der Waals surface area contributed by atoms with Gasteiger partial charge in [-0.15, -0.1) is 0 Å². The molecule has 0 amide bonds. The number of carbonyl (C=O) groups is 1.